The van der Waals surface area contributed by atoms with Crippen molar-refractivity contribution in [2.75, 3.05) is 6.61 Å². The molecule has 0 aromatic heterocycles. The third kappa shape index (κ3) is 5.38. The second-order valence-corrected chi connectivity index (χ2v) is 5.85. The van der Waals surface area contributed by atoms with E-state index in [1.54, 1.807) is 13.0 Å². The number of carboxylic acid groups (broad SMARTS) is 1. The number of amides is 1. The lowest BCUT2D eigenvalue weighted by Gasteiger charge is -2.20. The number of aryl methyl sites for hydroxylation is 1. The van der Waals surface area contributed by atoms with Crippen molar-refractivity contribution in [2.24, 2.45) is 5.92 Å². The van der Waals surface area contributed by atoms with Crippen LogP contribution in [0.4, 0.5) is 0 Å². The standard InChI is InChI=1S/C15H20BrNO4/c1-4-10(3)14(15(19)20)17-13(18)8-21-12-6-5-9(2)7-11(12)16/h5-7,10,14H,4,8H2,1-3H3,(H,17,18)(H,19,20)/t10-,14-/m0/s1. The molecule has 6 heteroatoms. The van der Waals surface area contributed by atoms with Gasteiger partial charge in [-0.25, -0.2) is 4.79 Å². The first-order valence-corrected chi connectivity index (χ1v) is 7.55. The van der Waals surface area contributed by atoms with Gasteiger partial charge in [0.15, 0.2) is 6.61 Å². The topological polar surface area (TPSA) is 75.6 Å². The maximum absolute atomic E-state index is 11.8. The van der Waals surface area contributed by atoms with Crippen LogP contribution in [-0.4, -0.2) is 29.6 Å². The van der Waals surface area contributed by atoms with Crippen molar-refractivity contribution in [1.29, 1.82) is 0 Å². The second-order valence-electron chi connectivity index (χ2n) is 4.99. The molecule has 116 valence electrons. The van der Waals surface area contributed by atoms with Crippen LogP contribution in [0.5, 0.6) is 5.75 Å². The molecule has 0 bridgehead atoms. The average molecular weight is 358 g/mol. The molecule has 0 aliphatic carbocycles. The molecule has 0 spiro atoms. The number of carboxylic acids is 1. The van der Waals surface area contributed by atoms with Crippen molar-refractivity contribution >= 4 is 27.8 Å². The number of benzene rings is 1. The summed E-state index contributed by atoms with van der Waals surface area (Å²) in [5.74, 6) is -1.08. The van der Waals surface area contributed by atoms with Crippen molar-refractivity contribution in [3.8, 4) is 5.75 Å². The van der Waals surface area contributed by atoms with Crippen LogP contribution in [0, 0.1) is 12.8 Å². The van der Waals surface area contributed by atoms with E-state index in [1.807, 2.05) is 26.0 Å². The van der Waals surface area contributed by atoms with Crippen LogP contribution in [-0.2, 0) is 9.59 Å². The molecule has 0 fully saturated rings. The minimum absolute atomic E-state index is 0.141. The van der Waals surface area contributed by atoms with Crippen molar-refractivity contribution < 1.29 is 19.4 Å². The molecular weight excluding hydrogens is 338 g/mol. The summed E-state index contributed by atoms with van der Waals surface area (Å²) in [4.78, 5) is 23.0. The Labute approximate surface area is 132 Å². The smallest absolute Gasteiger partial charge is 0.326 e. The molecule has 1 rings (SSSR count). The Morgan fingerprint density at radius 2 is 2.10 bits per heavy atom. The minimum Gasteiger partial charge on any atom is -0.483 e. The number of hydrogen-bond acceptors (Lipinski definition) is 3. The van der Waals surface area contributed by atoms with Gasteiger partial charge in [0.1, 0.15) is 11.8 Å². The predicted octanol–water partition coefficient (Wildman–Crippen LogP) is 2.75. The van der Waals surface area contributed by atoms with E-state index in [1.165, 1.54) is 0 Å². The van der Waals surface area contributed by atoms with Gasteiger partial charge < -0.3 is 15.2 Å². The highest BCUT2D eigenvalue weighted by Crippen LogP contribution is 2.25. The lowest BCUT2D eigenvalue weighted by atomic mass is 9.99. The Balaban J connectivity index is 2.58. The second kappa shape index (κ2) is 8.02. The van der Waals surface area contributed by atoms with E-state index in [-0.39, 0.29) is 12.5 Å². The molecule has 0 aliphatic rings. The molecule has 0 saturated heterocycles. The fourth-order valence-electron chi connectivity index (χ4n) is 1.76. The SMILES string of the molecule is CC[C@H](C)[C@H](NC(=O)COc1ccc(C)cc1Br)C(=O)O. The molecule has 2 N–H and O–H groups in total. The van der Waals surface area contributed by atoms with Gasteiger partial charge in [-0.1, -0.05) is 26.3 Å². The van der Waals surface area contributed by atoms with E-state index in [9.17, 15) is 9.59 Å². The van der Waals surface area contributed by atoms with Crippen LogP contribution < -0.4 is 10.1 Å². The van der Waals surface area contributed by atoms with Crippen molar-refractivity contribution in [1.82, 2.24) is 5.32 Å². The van der Waals surface area contributed by atoms with Crippen LogP contribution in [0.15, 0.2) is 22.7 Å². The highest BCUT2D eigenvalue weighted by Gasteiger charge is 2.25. The average Bonchev–Trinajstić information content (AvgIpc) is 2.42. The Bertz CT molecular complexity index is 518. The van der Waals surface area contributed by atoms with Crippen LogP contribution in [0.1, 0.15) is 25.8 Å². The Morgan fingerprint density at radius 3 is 2.62 bits per heavy atom. The van der Waals surface area contributed by atoms with E-state index in [4.69, 9.17) is 9.84 Å². The maximum atomic E-state index is 11.8. The Morgan fingerprint density at radius 1 is 1.43 bits per heavy atom. The first-order chi connectivity index (χ1) is 9.85. The Kier molecular flexibility index (Phi) is 6.68. The number of aliphatic carboxylic acids is 1. The third-order valence-corrected chi connectivity index (χ3v) is 3.86. The summed E-state index contributed by atoms with van der Waals surface area (Å²) in [5.41, 5.74) is 1.07. The van der Waals surface area contributed by atoms with E-state index in [0.717, 1.165) is 10.0 Å². The Hall–Kier alpha value is -1.56. The first-order valence-electron chi connectivity index (χ1n) is 6.76. The fourth-order valence-corrected chi connectivity index (χ4v) is 2.37. The normalized spacial score (nSPS) is 13.3. The number of nitrogens with one attached hydrogen (secondary N) is 1. The molecule has 0 saturated carbocycles. The van der Waals surface area contributed by atoms with Gasteiger partial charge in [0.05, 0.1) is 4.47 Å². The molecule has 2 atom stereocenters. The number of ether oxygens (including phenoxy) is 1. The predicted molar refractivity (Wildman–Crippen MR) is 83.4 cm³/mol. The van der Waals surface area contributed by atoms with E-state index < -0.39 is 17.9 Å². The first kappa shape index (κ1) is 17.5. The van der Waals surface area contributed by atoms with Gasteiger partial charge in [0.25, 0.3) is 5.91 Å². The van der Waals surface area contributed by atoms with Gasteiger partial charge in [0, 0.05) is 0 Å². The van der Waals surface area contributed by atoms with E-state index >= 15 is 0 Å². The zero-order chi connectivity index (χ0) is 16.0. The summed E-state index contributed by atoms with van der Waals surface area (Å²) in [6.07, 6.45) is 0.668. The van der Waals surface area contributed by atoms with Crippen LogP contribution in [0.2, 0.25) is 0 Å². The van der Waals surface area contributed by atoms with Gasteiger partial charge in [-0.2, -0.15) is 0 Å². The van der Waals surface area contributed by atoms with Crippen LogP contribution in [0.3, 0.4) is 0 Å². The molecule has 0 radical (unpaired) electrons. The molecule has 1 aromatic rings. The highest BCUT2D eigenvalue weighted by atomic mass is 79.9. The monoisotopic (exact) mass is 357 g/mol. The zero-order valence-corrected chi connectivity index (χ0v) is 13.9. The van der Waals surface area contributed by atoms with Crippen LogP contribution in [0.25, 0.3) is 0 Å². The summed E-state index contributed by atoms with van der Waals surface area (Å²) in [5, 5.41) is 11.6. The largest absolute Gasteiger partial charge is 0.483 e. The zero-order valence-electron chi connectivity index (χ0n) is 12.4. The highest BCUT2D eigenvalue weighted by molar-refractivity contribution is 9.10. The molecule has 0 heterocycles. The lowest BCUT2D eigenvalue weighted by Crippen LogP contribution is -2.46. The van der Waals surface area contributed by atoms with E-state index in [0.29, 0.717) is 12.2 Å². The van der Waals surface area contributed by atoms with Gasteiger partial charge in [-0.3, -0.25) is 4.79 Å². The minimum atomic E-state index is -1.03. The molecule has 0 unspecified atom stereocenters. The molecular formula is C15H20BrNO4. The lowest BCUT2D eigenvalue weighted by molar-refractivity contribution is -0.143. The fraction of sp³-hybridized carbons (Fsp3) is 0.467. The van der Waals surface area contributed by atoms with Crippen molar-refractivity contribution in [3.63, 3.8) is 0 Å². The van der Waals surface area contributed by atoms with Gasteiger partial charge in [-0.05, 0) is 46.5 Å². The third-order valence-electron chi connectivity index (χ3n) is 3.24. The summed E-state index contributed by atoms with van der Waals surface area (Å²) in [6.45, 7) is 5.40. The van der Waals surface area contributed by atoms with Gasteiger partial charge >= 0.3 is 5.97 Å². The van der Waals surface area contributed by atoms with E-state index in [2.05, 4.69) is 21.2 Å². The number of halogens is 1. The summed E-state index contributed by atoms with van der Waals surface area (Å²) in [7, 11) is 0. The van der Waals surface area contributed by atoms with Crippen LogP contribution >= 0.6 is 15.9 Å². The molecule has 5 nitrogen and oxygen atoms in total. The number of carbonyl (C=O) groups excluding carboxylic acids is 1. The molecule has 1 aromatic carbocycles. The number of rotatable bonds is 7. The molecule has 21 heavy (non-hydrogen) atoms. The summed E-state index contributed by atoms with van der Waals surface area (Å²) >= 11 is 3.35. The number of hydrogen-bond donors (Lipinski definition) is 2. The quantitative estimate of drug-likeness (QED) is 0.786. The van der Waals surface area contributed by atoms with Crippen molar-refractivity contribution in [2.45, 2.75) is 33.2 Å². The maximum Gasteiger partial charge on any atom is 0.326 e. The van der Waals surface area contributed by atoms with Gasteiger partial charge in [-0.15, -0.1) is 0 Å². The molecule has 1 amide bonds. The van der Waals surface area contributed by atoms with Crippen molar-refractivity contribution in [3.05, 3.63) is 28.2 Å². The number of carbonyl (C=O) groups is 2. The molecule has 0 aliphatic heterocycles. The summed E-state index contributed by atoms with van der Waals surface area (Å²) < 4.78 is 6.15. The summed E-state index contributed by atoms with van der Waals surface area (Å²) in [6, 6.07) is 4.62. The van der Waals surface area contributed by atoms with Gasteiger partial charge in [0.2, 0.25) is 0 Å².